The lowest BCUT2D eigenvalue weighted by Gasteiger charge is -2.13. The average Bonchev–Trinajstić information content (AvgIpc) is 3.06. The molecule has 1 aromatic heterocycles. The van der Waals surface area contributed by atoms with Crippen LogP contribution in [0.2, 0.25) is 0 Å². The Morgan fingerprint density at radius 2 is 1.88 bits per heavy atom. The van der Waals surface area contributed by atoms with Gasteiger partial charge in [0.2, 0.25) is 0 Å². The number of benzene rings is 2. The van der Waals surface area contributed by atoms with E-state index in [9.17, 15) is 0 Å². The Bertz CT molecular complexity index is 814. The molecule has 130 valence electrons. The number of nitrogens with zero attached hydrogens (tertiary/aromatic N) is 1. The van der Waals surface area contributed by atoms with Gasteiger partial charge in [-0.25, -0.2) is 4.98 Å². The molecule has 0 radical (unpaired) electrons. The van der Waals surface area contributed by atoms with Crippen molar-refractivity contribution in [1.29, 1.82) is 0 Å². The summed E-state index contributed by atoms with van der Waals surface area (Å²) < 4.78 is 5.95. The van der Waals surface area contributed by atoms with Gasteiger partial charge in [-0.3, -0.25) is 0 Å². The third kappa shape index (κ3) is 4.91. The van der Waals surface area contributed by atoms with Crippen LogP contribution in [0.1, 0.15) is 39.5 Å². The second kappa shape index (κ2) is 8.28. The highest BCUT2D eigenvalue weighted by Gasteiger charge is 2.09. The fourth-order valence-electron chi connectivity index (χ4n) is 2.65. The van der Waals surface area contributed by atoms with Crippen molar-refractivity contribution >= 4 is 11.3 Å². The minimum atomic E-state index is 0.257. The predicted octanol–water partition coefficient (Wildman–Crippen LogP) is 5.19. The van der Waals surface area contributed by atoms with Crippen molar-refractivity contribution in [2.75, 3.05) is 0 Å². The zero-order valence-corrected chi connectivity index (χ0v) is 15.8. The maximum Gasteiger partial charge on any atom is 0.122 e. The minimum Gasteiger partial charge on any atom is -0.489 e. The van der Waals surface area contributed by atoms with Gasteiger partial charge >= 0.3 is 0 Å². The van der Waals surface area contributed by atoms with E-state index in [-0.39, 0.29) is 6.04 Å². The fourth-order valence-corrected chi connectivity index (χ4v) is 3.45. The number of rotatable bonds is 7. The molecule has 0 spiro atoms. The molecule has 3 aromatic rings. The van der Waals surface area contributed by atoms with Crippen LogP contribution in [0.5, 0.6) is 5.75 Å². The van der Waals surface area contributed by atoms with Gasteiger partial charge in [-0.05, 0) is 43.5 Å². The van der Waals surface area contributed by atoms with Crippen LogP contribution in [-0.4, -0.2) is 4.98 Å². The quantitative estimate of drug-likeness (QED) is 0.635. The molecular formula is C21H24N2OS. The van der Waals surface area contributed by atoms with Gasteiger partial charge in [0.15, 0.2) is 0 Å². The Labute approximate surface area is 153 Å². The van der Waals surface area contributed by atoms with Crippen LogP contribution in [0.3, 0.4) is 0 Å². The first-order valence-electron chi connectivity index (χ1n) is 8.54. The molecule has 3 rings (SSSR count). The Balaban J connectivity index is 1.56. The second-order valence-corrected chi connectivity index (χ2v) is 7.55. The topological polar surface area (TPSA) is 34.2 Å². The van der Waals surface area contributed by atoms with Gasteiger partial charge in [0, 0.05) is 17.6 Å². The van der Waals surface area contributed by atoms with E-state index in [1.807, 2.05) is 24.4 Å². The van der Waals surface area contributed by atoms with Crippen LogP contribution in [0, 0.1) is 13.8 Å². The lowest BCUT2D eigenvalue weighted by molar-refractivity contribution is 0.304. The summed E-state index contributed by atoms with van der Waals surface area (Å²) in [5, 5.41) is 4.68. The SMILES string of the molecule is Cc1cnc(C(C)NCc2ccc(OCc3ccccc3)c(C)c2)s1. The summed E-state index contributed by atoms with van der Waals surface area (Å²) in [6, 6.07) is 16.9. The van der Waals surface area contributed by atoms with Crippen LogP contribution >= 0.6 is 11.3 Å². The molecular weight excluding hydrogens is 328 g/mol. The number of aryl methyl sites for hydroxylation is 2. The highest BCUT2D eigenvalue weighted by Crippen LogP contribution is 2.22. The largest absolute Gasteiger partial charge is 0.489 e. The van der Waals surface area contributed by atoms with Gasteiger partial charge < -0.3 is 10.1 Å². The smallest absolute Gasteiger partial charge is 0.122 e. The van der Waals surface area contributed by atoms with E-state index in [2.05, 4.69) is 61.4 Å². The van der Waals surface area contributed by atoms with E-state index in [4.69, 9.17) is 4.74 Å². The number of hydrogen-bond acceptors (Lipinski definition) is 4. The van der Waals surface area contributed by atoms with E-state index < -0.39 is 0 Å². The van der Waals surface area contributed by atoms with Gasteiger partial charge in [0.05, 0.1) is 6.04 Å². The van der Waals surface area contributed by atoms with Crippen LogP contribution in [0.15, 0.2) is 54.7 Å². The van der Waals surface area contributed by atoms with Gasteiger partial charge in [-0.1, -0.05) is 42.5 Å². The summed E-state index contributed by atoms with van der Waals surface area (Å²) >= 11 is 1.75. The van der Waals surface area contributed by atoms with Crippen LogP contribution in [-0.2, 0) is 13.2 Å². The summed E-state index contributed by atoms with van der Waals surface area (Å²) in [5.74, 6) is 0.941. The number of aromatic nitrogens is 1. The molecule has 0 aliphatic carbocycles. The highest BCUT2D eigenvalue weighted by atomic mass is 32.1. The number of nitrogens with one attached hydrogen (secondary N) is 1. The monoisotopic (exact) mass is 352 g/mol. The van der Waals surface area contributed by atoms with Crippen molar-refractivity contribution < 1.29 is 4.74 Å². The molecule has 0 aliphatic rings. The third-order valence-electron chi connectivity index (χ3n) is 4.10. The second-order valence-electron chi connectivity index (χ2n) is 6.29. The summed E-state index contributed by atoms with van der Waals surface area (Å²) in [6.07, 6.45) is 1.93. The summed E-state index contributed by atoms with van der Waals surface area (Å²) in [6.45, 7) is 7.75. The van der Waals surface area contributed by atoms with Crippen LogP contribution in [0.4, 0.5) is 0 Å². The summed E-state index contributed by atoms with van der Waals surface area (Å²) in [7, 11) is 0. The molecule has 0 amide bonds. The van der Waals surface area contributed by atoms with Gasteiger partial charge in [-0.15, -0.1) is 11.3 Å². The molecule has 0 aliphatic heterocycles. The number of ether oxygens (including phenoxy) is 1. The van der Waals surface area contributed by atoms with Crippen molar-refractivity contribution in [3.63, 3.8) is 0 Å². The van der Waals surface area contributed by atoms with E-state index in [1.165, 1.54) is 16.0 Å². The minimum absolute atomic E-state index is 0.257. The van der Waals surface area contributed by atoms with E-state index in [0.29, 0.717) is 6.61 Å². The summed E-state index contributed by atoms with van der Waals surface area (Å²) in [4.78, 5) is 5.70. The molecule has 0 saturated carbocycles. The first-order chi connectivity index (χ1) is 12.1. The van der Waals surface area contributed by atoms with Crippen LogP contribution < -0.4 is 10.1 Å². The molecule has 1 unspecified atom stereocenters. The van der Waals surface area contributed by atoms with Crippen molar-refractivity contribution in [2.45, 2.75) is 40.0 Å². The van der Waals surface area contributed by atoms with Crippen LogP contribution in [0.25, 0.3) is 0 Å². The Morgan fingerprint density at radius 1 is 1.08 bits per heavy atom. The molecule has 4 heteroatoms. The van der Waals surface area contributed by atoms with Gasteiger partial charge in [-0.2, -0.15) is 0 Å². The molecule has 0 saturated heterocycles. The van der Waals surface area contributed by atoms with Crippen molar-refractivity contribution in [1.82, 2.24) is 10.3 Å². The zero-order chi connectivity index (χ0) is 17.6. The normalized spacial score (nSPS) is 12.1. The molecule has 25 heavy (non-hydrogen) atoms. The lowest BCUT2D eigenvalue weighted by atomic mass is 10.1. The van der Waals surface area contributed by atoms with E-state index in [1.54, 1.807) is 11.3 Å². The van der Waals surface area contributed by atoms with E-state index >= 15 is 0 Å². The maximum atomic E-state index is 5.95. The molecule has 1 atom stereocenters. The molecule has 3 nitrogen and oxygen atoms in total. The Kier molecular flexibility index (Phi) is 5.84. The predicted molar refractivity (Wildman–Crippen MR) is 104 cm³/mol. The number of hydrogen-bond donors (Lipinski definition) is 1. The molecule has 1 N–H and O–H groups in total. The van der Waals surface area contributed by atoms with Gasteiger partial charge in [0.25, 0.3) is 0 Å². The first kappa shape index (κ1) is 17.6. The summed E-state index contributed by atoms with van der Waals surface area (Å²) in [5.41, 5.74) is 3.60. The van der Waals surface area contributed by atoms with Crippen molar-refractivity contribution in [3.8, 4) is 5.75 Å². The van der Waals surface area contributed by atoms with E-state index in [0.717, 1.165) is 22.9 Å². The average molecular weight is 353 g/mol. The Morgan fingerprint density at radius 3 is 2.56 bits per heavy atom. The molecule has 1 heterocycles. The highest BCUT2D eigenvalue weighted by molar-refractivity contribution is 7.11. The molecule has 2 aromatic carbocycles. The fraction of sp³-hybridized carbons (Fsp3) is 0.286. The lowest BCUT2D eigenvalue weighted by Crippen LogP contribution is -2.17. The third-order valence-corrected chi connectivity index (χ3v) is 5.19. The molecule has 0 fully saturated rings. The molecule has 0 bridgehead atoms. The zero-order valence-electron chi connectivity index (χ0n) is 15.0. The standard InChI is InChI=1S/C21H24N2OS/c1-15-11-19(13-22-17(3)21-23-12-16(2)25-21)9-10-20(15)24-14-18-7-5-4-6-8-18/h4-12,17,22H,13-14H2,1-3H3. The van der Waals surface area contributed by atoms with Gasteiger partial charge in [0.1, 0.15) is 17.4 Å². The first-order valence-corrected chi connectivity index (χ1v) is 9.35. The number of thiazole rings is 1. The van der Waals surface area contributed by atoms with Crippen molar-refractivity contribution in [2.24, 2.45) is 0 Å². The maximum absolute atomic E-state index is 5.95. The van der Waals surface area contributed by atoms with Crippen molar-refractivity contribution in [3.05, 3.63) is 81.3 Å². The Hall–Kier alpha value is -2.17.